The van der Waals surface area contributed by atoms with Crippen molar-refractivity contribution in [2.45, 2.75) is 43.0 Å². The molecule has 0 saturated heterocycles. The van der Waals surface area contributed by atoms with Gasteiger partial charge < -0.3 is 16.8 Å². The summed E-state index contributed by atoms with van der Waals surface area (Å²) in [5.41, 5.74) is 13.6. The third-order valence-corrected chi connectivity index (χ3v) is 6.12. The van der Waals surface area contributed by atoms with Crippen LogP contribution in [0.2, 0.25) is 0 Å². The third-order valence-electron chi connectivity index (χ3n) is 4.64. The van der Waals surface area contributed by atoms with E-state index in [0.717, 1.165) is 24.1 Å². The zero-order chi connectivity index (χ0) is 19.4. The van der Waals surface area contributed by atoms with Crippen LogP contribution in [-0.4, -0.2) is 37.5 Å². The van der Waals surface area contributed by atoms with Crippen molar-refractivity contribution >= 4 is 21.8 Å². The number of nitrogens with two attached hydrogens (primary N) is 2. The first kappa shape index (κ1) is 19.5. The summed E-state index contributed by atoms with van der Waals surface area (Å²) in [6.45, 7) is 2.81. The summed E-state index contributed by atoms with van der Waals surface area (Å²) in [5.74, 6) is 1.22. The Labute approximate surface area is 159 Å². The normalized spacial score (nSPS) is 19.5. The van der Waals surface area contributed by atoms with Crippen molar-refractivity contribution in [3.8, 4) is 0 Å². The van der Waals surface area contributed by atoms with Gasteiger partial charge >= 0.3 is 0 Å². The Morgan fingerprint density at radius 1 is 1.15 bits per heavy atom. The highest BCUT2D eigenvalue weighted by atomic mass is 32.2. The molecule has 1 fully saturated rings. The maximum atomic E-state index is 12.2. The molecule has 0 aliphatic heterocycles. The fraction of sp³-hybridized carbons (Fsp3) is 0.444. The van der Waals surface area contributed by atoms with Crippen molar-refractivity contribution in [1.29, 1.82) is 0 Å². The summed E-state index contributed by atoms with van der Waals surface area (Å²) in [5, 5.41) is 3.18. The Morgan fingerprint density at radius 2 is 1.85 bits per heavy atom. The zero-order valence-corrected chi connectivity index (χ0v) is 16.2. The highest BCUT2D eigenvalue weighted by Crippen LogP contribution is 2.35. The van der Waals surface area contributed by atoms with Crippen LogP contribution in [0.25, 0.3) is 0 Å². The highest BCUT2D eigenvalue weighted by molar-refractivity contribution is 7.89. The number of hydrogen-bond acceptors (Lipinski definition) is 7. The topological polar surface area (TPSA) is 136 Å². The first-order valence-electron chi connectivity index (χ1n) is 9.04. The van der Waals surface area contributed by atoms with E-state index < -0.39 is 10.0 Å². The Hall–Kier alpha value is -2.23. The summed E-state index contributed by atoms with van der Waals surface area (Å²) in [6, 6.07) is 8.90. The minimum absolute atomic E-state index is 0.232. The van der Waals surface area contributed by atoms with Crippen LogP contribution in [0.15, 0.2) is 35.2 Å². The van der Waals surface area contributed by atoms with Gasteiger partial charge in [0.25, 0.3) is 0 Å². The molecule has 1 saturated carbocycles. The number of benzene rings is 1. The second kappa shape index (κ2) is 8.20. The minimum atomic E-state index is -3.48. The molecule has 1 heterocycles. The number of sulfonamides is 1. The Balaban J connectivity index is 1.47. The van der Waals surface area contributed by atoms with Gasteiger partial charge in [-0.05, 0) is 38.3 Å². The van der Waals surface area contributed by atoms with Crippen molar-refractivity contribution in [2.75, 3.05) is 24.1 Å². The lowest BCUT2D eigenvalue weighted by atomic mass is 9.78. The van der Waals surface area contributed by atoms with E-state index in [0.29, 0.717) is 31.2 Å². The first-order chi connectivity index (χ1) is 12.8. The number of aromatic nitrogens is 2. The second-order valence-electron chi connectivity index (χ2n) is 6.96. The van der Waals surface area contributed by atoms with Crippen LogP contribution in [-0.2, 0) is 10.0 Å². The van der Waals surface area contributed by atoms with Gasteiger partial charge in [0.05, 0.1) is 10.6 Å². The summed E-state index contributed by atoms with van der Waals surface area (Å²) >= 11 is 0. The lowest BCUT2D eigenvalue weighted by molar-refractivity contribution is 0.345. The predicted molar refractivity (Wildman–Crippen MR) is 106 cm³/mol. The molecule has 0 amide bonds. The van der Waals surface area contributed by atoms with Crippen LogP contribution in [0.4, 0.5) is 11.8 Å². The predicted octanol–water partition coefficient (Wildman–Crippen LogP) is 1.35. The van der Waals surface area contributed by atoms with Gasteiger partial charge in [-0.15, -0.1) is 0 Å². The maximum Gasteiger partial charge on any atom is 0.240 e. The molecule has 8 nitrogen and oxygen atoms in total. The van der Waals surface area contributed by atoms with Crippen LogP contribution in [0.5, 0.6) is 0 Å². The second-order valence-corrected chi connectivity index (χ2v) is 8.72. The van der Waals surface area contributed by atoms with Gasteiger partial charge in [0, 0.05) is 31.1 Å². The molecule has 146 valence electrons. The molecule has 0 radical (unpaired) electrons. The van der Waals surface area contributed by atoms with Gasteiger partial charge in [-0.1, -0.05) is 17.7 Å². The fourth-order valence-corrected chi connectivity index (χ4v) is 4.07. The fourth-order valence-electron chi connectivity index (χ4n) is 3.00. The van der Waals surface area contributed by atoms with E-state index in [2.05, 4.69) is 20.0 Å². The summed E-state index contributed by atoms with van der Waals surface area (Å²) < 4.78 is 27.1. The minimum Gasteiger partial charge on any atom is -0.370 e. The number of anilines is 2. The van der Waals surface area contributed by atoms with Gasteiger partial charge in [-0.2, -0.15) is 4.98 Å². The van der Waals surface area contributed by atoms with Gasteiger partial charge in [-0.3, -0.25) is 0 Å². The molecule has 1 aliphatic carbocycles. The lowest BCUT2D eigenvalue weighted by Crippen LogP contribution is -2.35. The zero-order valence-electron chi connectivity index (χ0n) is 15.4. The van der Waals surface area contributed by atoms with Crippen LogP contribution in [0, 0.1) is 6.92 Å². The standard InChI is InChI=1S/C18H26N6O2S/c1-12-3-5-15(6-4-12)27(25,26)22-8-2-7-21-17-11-16(23-18(20)24-17)13-9-14(19)10-13/h3-6,11,13-14,22H,2,7-10,19H2,1H3,(H3,20,21,23,24). The molecule has 27 heavy (non-hydrogen) atoms. The van der Waals surface area contributed by atoms with Crippen LogP contribution in [0.1, 0.15) is 36.4 Å². The van der Waals surface area contributed by atoms with Crippen LogP contribution >= 0.6 is 0 Å². The Bertz CT molecular complexity index is 879. The number of nitrogens with zero attached hydrogens (tertiary/aromatic N) is 2. The van der Waals surface area contributed by atoms with Crippen molar-refractivity contribution < 1.29 is 8.42 Å². The van der Waals surface area contributed by atoms with Crippen LogP contribution in [0.3, 0.4) is 0 Å². The molecule has 0 atom stereocenters. The molecule has 0 unspecified atom stereocenters. The number of nitrogen functional groups attached to an aromatic ring is 1. The SMILES string of the molecule is Cc1ccc(S(=O)(=O)NCCCNc2cc(C3CC(N)C3)nc(N)n2)cc1. The molecule has 6 N–H and O–H groups in total. The van der Waals surface area contributed by atoms with Crippen molar-refractivity contribution in [3.63, 3.8) is 0 Å². The molecule has 0 spiro atoms. The van der Waals surface area contributed by atoms with Gasteiger partial charge in [0.1, 0.15) is 5.82 Å². The summed E-state index contributed by atoms with van der Waals surface area (Å²) in [7, 11) is -3.48. The van der Waals surface area contributed by atoms with E-state index in [-0.39, 0.29) is 16.9 Å². The van der Waals surface area contributed by atoms with E-state index in [1.807, 2.05) is 13.0 Å². The van der Waals surface area contributed by atoms with Crippen molar-refractivity contribution in [1.82, 2.24) is 14.7 Å². The smallest absolute Gasteiger partial charge is 0.240 e. The van der Waals surface area contributed by atoms with Crippen molar-refractivity contribution in [3.05, 3.63) is 41.6 Å². The molecule has 0 bridgehead atoms. The van der Waals surface area contributed by atoms with Gasteiger partial charge in [0.2, 0.25) is 16.0 Å². The highest BCUT2D eigenvalue weighted by Gasteiger charge is 2.29. The largest absolute Gasteiger partial charge is 0.370 e. The van der Waals surface area contributed by atoms with Gasteiger partial charge in [-0.25, -0.2) is 18.1 Å². The van der Waals surface area contributed by atoms with Gasteiger partial charge in [0.15, 0.2) is 0 Å². The summed E-state index contributed by atoms with van der Waals surface area (Å²) in [6.07, 6.45) is 2.44. The van der Waals surface area contributed by atoms with E-state index in [1.54, 1.807) is 24.3 Å². The van der Waals surface area contributed by atoms with E-state index in [4.69, 9.17) is 11.5 Å². The summed E-state index contributed by atoms with van der Waals surface area (Å²) in [4.78, 5) is 8.74. The average molecular weight is 391 g/mol. The van der Waals surface area contributed by atoms with E-state index >= 15 is 0 Å². The number of aryl methyl sites for hydroxylation is 1. The molecule has 3 rings (SSSR count). The quantitative estimate of drug-likeness (QED) is 0.499. The average Bonchev–Trinajstić information content (AvgIpc) is 2.58. The van der Waals surface area contributed by atoms with Crippen LogP contribution < -0.4 is 21.5 Å². The number of hydrogen-bond donors (Lipinski definition) is 4. The van der Waals surface area contributed by atoms with E-state index in [1.165, 1.54) is 0 Å². The molecule has 1 aliphatic rings. The monoisotopic (exact) mass is 390 g/mol. The lowest BCUT2D eigenvalue weighted by Gasteiger charge is -2.32. The molecular weight excluding hydrogens is 364 g/mol. The molecule has 2 aromatic rings. The number of rotatable bonds is 8. The van der Waals surface area contributed by atoms with Crippen molar-refractivity contribution in [2.24, 2.45) is 5.73 Å². The van der Waals surface area contributed by atoms with E-state index in [9.17, 15) is 8.42 Å². The molecular formula is C18H26N6O2S. The maximum absolute atomic E-state index is 12.2. The molecule has 1 aromatic carbocycles. The molecule has 9 heteroatoms. The third kappa shape index (κ3) is 5.15. The first-order valence-corrected chi connectivity index (χ1v) is 10.5. The molecule has 1 aromatic heterocycles. The Kier molecular flexibility index (Phi) is 5.93. The number of nitrogens with one attached hydrogen (secondary N) is 2. The Morgan fingerprint density at radius 3 is 2.52 bits per heavy atom.